The summed E-state index contributed by atoms with van der Waals surface area (Å²) < 4.78 is 7.41. The average molecular weight is 278 g/mol. The summed E-state index contributed by atoms with van der Waals surface area (Å²) in [5, 5.41) is 0. The highest BCUT2D eigenvalue weighted by molar-refractivity contribution is 7.16. The van der Waals surface area contributed by atoms with Crippen molar-refractivity contribution in [3.63, 3.8) is 0 Å². The molecule has 1 amide bonds. The van der Waals surface area contributed by atoms with Crippen LogP contribution in [-0.2, 0) is 20.9 Å². The van der Waals surface area contributed by atoms with Crippen LogP contribution in [0.4, 0.5) is 0 Å². The Bertz CT molecular complexity index is 712. The number of nitrogens with zero attached hydrogens (tertiary/aromatic N) is 2. The van der Waals surface area contributed by atoms with Crippen molar-refractivity contribution >= 4 is 33.4 Å². The zero-order valence-electron chi connectivity index (χ0n) is 11.0. The highest BCUT2D eigenvalue weighted by Gasteiger charge is 2.12. The average Bonchev–Trinajstić information content (AvgIpc) is 2.67. The standard InChI is InChI=1S/C13H14N2O3S/c1-8-5-4-6-10-12(8)15(7-11(17)18-3)13(19-10)14-9(2)16/h4-6H,7H2,1-3H3. The number of benzene rings is 1. The van der Waals surface area contributed by atoms with Crippen LogP contribution in [0, 0.1) is 6.92 Å². The van der Waals surface area contributed by atoms with Crippen LogP contribution in [0.15, 0.2) is 23.2 Å². The normalized spacial score (nSPS) is 11.8. The van der Waals surface area contributed by atoms with Crippen LogP contribution in [-0.4, -0.2) is 23.6 Å². The van der Waals surface area contributed by atoms with E-state index in [1.165, 1.54) is 25.4 Å². The van der Waals surface area contributed by atoms with Gasteiger partial charge in [-0.1, -0.05) is 23.5 Å². The molecule has 0 aliphatic carbocycles. The van der Waals surface area contributed by atoms with Gasteiger partial charge in [0, 0.05) is 6.92 Å². The number of hydrogen-bond donors (Lipinski definition) is 0. The van der Waals surface area contributed by atoms with Gasteiger partial charge in [0.2, 0.25) is 5.91 Å². The van der Waals surface area contributed by atoms with Gasteiger partial charge in [0.1, 0.15) is 6.54 Å². The van der Waals surface area contributed by atoms with Crippen molar-refractivity contribution < 1.29 is 14.3 Å². The number of hydrogen-bond acceptors (Lipinski definition) is 4. The van der Waals surface area contributed by atoms with Gasteiger partial charge in [-0.05, 0) is 18.6 Å². The molecule has 2 rings (SSSR count). The van der Waals surface area contributed by atoms with Gasteiger partial charge in [-0.15, -0.1) is 0 Å². The number of fused-ring (bicyclic) bond motifs is 1. The van der Waals surface area contributed by atoms with Crippen LogP contribution in [0.3, 0.4) is 0 Å². The van der Waals surface area contributed by atoms with E-state index in [0.29, 0.717) is 4.80 Å². The molecular weight excluding hydrogens is 264 g/mol. The van der Waals surface area contributed by atoms with Crippen LogP contribution in [0.1, 0.15) is 12.5 Å². The van der Waals surface area contributed by atoms with E-state index in [-0.39, 0.29) is 18.4 Å². The maximum absolute atomic E-state index is 11.5. The van der Waals surface area contributed by atoms with Crippen LogP contribution < -0.4 is 4.80 Å². The predicted octanol–water partition coefficient (Wildman–Crippen LogP) is 1.63. The monoisotopic (exact) mass is 278 g/mol. The SMILES string of the molecule is COC(=O)Cn1c(=NC(C)=O)sc2cccc(C)c21. The number of thiazole rings is 1. The molecule has 100 valence electrons. The molecule has 6 heteroatoms. The lowest BCUT2D eigenvalue weighted by Crippen LogP contribution is -2.22. The summed E-state index contributed by atoms with van der Waals surface area (Å²) in [5.41, 5.74) is 1.94. The Morgan fingerprint density at radius 2 is 2.16 bits per heavy atom. The molecule has 1 heterocycles. The largest absolute Gasteiger partial charge is 0.468 e. The minimum atomic E-state index is -0.368. The number of rotatable bonds is 2. The van der Waals surface area contributed by atoms with Crippen molar-refractivity contribution in [2.75, 3.05) is 7.11 Å². The number of esters is 1. The van der Waals surface area contributed by atoms with Crippen molar-refractivity contribution in [2.45, 2.75) is 20.4 Å². The summed E-state index contributed by atoms with van der Waals surface area (Å²) in [5.74, 6) is -0.657. The maximum Gasteiger partial charge on any atom is 0.325 e. The molecule has 5 nitrogen and oxygen atoms in total. The zero-order chi connectivity index (χ0) is 14.0. The van der Waals surface area contributed by atoms with E-state index in [1.807, 2.05) is 25.1 Å². The summed E-state index contributed by atoms with van der Waals surface area (Å²) in [4.78, 5) is 27.2. The van der Waals surface area contributed by atoms with E-state index in [2.05, 4.69) is 4.99 Å². The highest BCUT2D eigenvalue weighted by atomic mass is 32.1. The Morgan fingerprint density at radius 3 is 2.79 bits per heavy atom. The molecule has 0 saturated carbocycles. The number of carbonyl (C=O) groups excluding carboxylic acids is 2. The fourth-order valence-electron chi connectivity index (χ4n) is 1.87. The van der Waals surface area contributed by atoms with Gasteiger partial charge in [0.05, 0.1) is 17.3 Å². The third kappa shape index (κ3) is 2.73. The molecule has 1 aromatic heterocycles. The van der Waals surface area contributed by atoms with E-state index < -0.39 is 0 Å². The first kappa shape index (κ1) is 13.5. The smallest absolute Gasteiger partial charge is 0.325 e. The second-order valence-electron chi connectivity index (χ2n) is 4.10. The molecule has 0 aliphatic rings. The van der Waals surface area contributed by atoms with Crippen LogP contribution in [0.2, 0.25) is 0 Å². The van der Waals surface area contributed by atoms with E-state index in [4.69, 9.17) is 4.74 Å². The van der Waals surface area contributed by atoms with Crippen molar-refractivity contribution in [2.24, 2.45) is 4.99 Å². The fraction of sp³-hybridized carbons (Fsp3) is 0.308. The summed E-state index contributed by atoms with van der Waals surface area (Å²) in [6, 6.07) is 5.84. The topological polar surface area (TPSA) is 60.7 Å². The third-order valence-electron chi connectivity index (χ3n) is 2.67. The number of carbonyl (C=O) groups is 2. The Hall–Kier alpha value is -1.95. The molecule has 0 bridgehead atoms. The zero-order valence-corrected chi connectivity index (χ0v) is 11.8. The van der Waals surface area contributed by atoms with Crippen molar-refractivity contribution in [3.05, 3.63) is 28.6 Å². The van der Waals surface area contributed by atoms with Gasteiger partial charge >= 0.3 is 5.97 Å². The van der Waals surface area contributed by atoms with Crippen molar-refractivity contribution in [1.29, 1.82) is 0 Å². The number of para-hydroxylation sites is 1. The van der Waals surface area contributed by atoms with Gasteiger partial charge in [-0.25, -0.2) is 0 Å². The highest BCUT2D eigenvalue weighted by Crippen LogP contribution is 2.20. The molecule has 0 spiro atoms. The number of aryl methyl sites for hydroxylation is 1. The maximum atomic E-state index is 11.5. The molecule has 1 aromatic carbocycles. The molecule has 19 heavy (non-hydrogen) atoms. The number of ether oxygens (including phenoxy) is 1. The lowest BCUT2D eigenvalue weighted by molar-refractivity contribution is -0.141. The first-order chi connectivity index (χ1) is 9.02. The van der Waals surface area contributed by atoms with E-state index in [9.17, 15) is 9.59 Å². The van der Waals surface area contributed by atoms with Gasteiger partial charge in [0.15, 0.2) is 4.80 Å². The summed E-state index contributed by atoms with van der Waals surface area (Å²) in [7, 11) is 1.34. The first-order valence-corrected chi connectivity index (χ1v) is 6.55. The number of amides is 1. The van der Waals surface area contributed by atoms with Gasteiger partial charge < -0.3 is 9.30 Å². The van der Waals surface area contributed by atoms with Crippen LogP contribution in [0.25, 0.3) is 10.2 Å². The number of methoxy groups -OCH3 is 1. The van der Waals surface area contributed by atoms with Gasteiger partial charge in [0.25, 0.3) is 0 Å². The van der Waals surface area contributed by atoms with Crippen LogP contribution >= 0.6 is 11.3 Å². The first-order valence-electron chi connectivity index (χ1n) is 5.74. The van der Waals surface area contributed by atoms with Crippen molar-refractivity contribution in [3.8, 4) is 0 Å². The molecule has 0 unspecified atom stereocenters. The fourth-order valence-corrected chi connectivity index (χ4v) is 3.02. The Balaban J connectivity index is 2.74. The van der Waals surface area contributed by atoms with E-state index in [0.717, 1.165) is 15.8 Å². The summed E-state index contributed by atoms with van der Waals surface area (Å²) >= 11 is 1.39. The van der Waals surface area contributed by atoms with E-state index >= 15 is 0 Å². The Labute approximate surface area is 114 Å². The summed E-state index contributed by atoms with van der Waals surface area (Å²) in [6.45, 7) is 3.40. The molecule has 2 aromatic rings. The second-order valence-corrected chi connectivity index (χ2v) is 5.11. The Kier molecular flexibility index (Phi) is 3.80. The molecule has 0 fully saturated rings. The molecule has 0 N–H and O–H groups in total. The van der Waals surface area contributed by atoms with Crippen LogP contribution in [0.5, 0.6) is 0 Å². The van der Waals surface area contributed by atoms with Gasteiger partial charge in [-0.3, -0.25) is 9.59 Å². The summed E-state index contributed by atoms with van der Waals surface area (Å²) in [6.07, 6.45) is 0. The predicted molar refractivity (Wildman–Crippen MR) is 72.8 cm³/mol. The molecule has 0 saturated heterocycles. The molecule has 0 atom stereocenters. The van der Waals surface area contributed by atoms with Gasteiger partial charge in [-0.2, -0.15) is 4.99 Å². The third-order valence-corrected chi connectivity index (χ3v) is 3.71. The van der Waals surface area contributed by atoms with E-state index in [1.54, 1.807) is 4.57 Å². The second kappa shape index (κ2) is 5.36. The molecular formula is C13H14N2O3S. The molecule has 0 aliphatic heterocycles. The Morgan fingerprint density at radius 1 is 1.42 bits per heavy atom. The molecule has 0 radical (unpaired) electrons. The minimum Gasteiger partial charge on any atom is -0.468 e. The van der Waals surface area contributed by atoms with Crippen molar-refractivity contribution in [1.82, 2.24) is 4.57 Å². The minimum absolute atomic E-state index is 0.0491. The lowest BCUT2D eigenvalue weighted by atomic mass is 10.2. The lowest BCUT2D eigenvalue weighted by Gasteiger charge is -2.05. The number of aromatic nitrogens is 1. The quantitative estimate of drug-likeness (QED) is 0.784.